The number of carbonyl (C=O) groups is 1. The molecule has 1 aromatic carbocycles. The van der Waals surface area contributed by atoms with Gasteiger partial charge in [0, 0.05) is 4.90 Å². The van der Waals surface area contributed by atoms with E-state index in [9.17, 15) is 13.2 Å². The highest BCUT2D eigenvalue weighted by Gasteiger charge is 2.13. The number of aromatic nitrogens is 4. The van der Waals surface area contributed by atoms with Crippen LogP contribution in [0, 0.1) is 0 Å². The van der Waals surface area contributed by atoms with Gasteiger partial charge < -0.3 is 4.74 Å². The maximum Gasteiger partial charge on any atom is 0.327 e. The third kappa shape index (κ3) is 4.00. The standard InChI is InChI=1S/C10H11N5O4S2/c1-19-9(16)6-15-10(12-13-14-15)20-7-2-4-8(5-3-7)21(11,17)18/h2-5H,6H2,1H3,(H2,11,17,18). The first-order valence-corrected chi connectivity index (χ1v) is 7.90. The number of hydrogen-bond acceptors (Lipinski definition) is 8. The highest BCUT2D eigenvalue weighted by molar-refractivity contribution is 7.99. The van der Waals surface area contributed by atoms with Gasteiger partial charge in [0.05, 0.1) is 12.0 Å². The summed E-state index contributed by atoms with van der Waals surface area (Å²) < 4.78 is 28.1. The molecule has 0 bridgehead atoms. The van der Waals surface area contributed by atoms with E-state index < -0.39 is 16.0 Å². The van der Waals surface area contributed by atoms with Crippen LogP contribution in [-0.4, -0.2) is 41.7 Å². The quantitative estimate of drug-likeness (QED) is 0.736. The molecule has 1 aromatic heterocycles. The number of tetrazole rings is 1. The predicted molar refractivity (Wildman–Crippen MR) is 71.8 cm³/mol. The second-order valence-corrected chi connectivity index (χ2v) is 6.42. The Morgan fingerprint density at radius 3 is 2.62 bits per heavy atom. The molecule has 0 aliphatic rings. The fraction of sp³-hybridized carbons (Fsp3) is 0.200. The van der Waals surface area contributed by atoms with E-state index in [1.165, 1.54) is 35.7 Å². The highest BCUT2D eigenvalue weighted by Crippen LogP contribution is 2.26. The summed E-state index contributed by atoms with van der Waals surface area (Å²) in [6, 6.07) is 5.90. The van der Waals surface area contributed by atoms with Gasteiger partial charge in [0.15, 0.2) is 0 Å². The molecule has 0 saturated carbocycles. The van der Waals surface area contributed by atoms with Crippen molar-refractivity contribution in [2.45, 2.75) is 21.5 Å². The largest absolute Gasteiger partial charge is 0.468 e. The minimum absolute atomic E-state index is 0.0148. The average Bonchev–Trinajstić information content (AvgIpc) is 2.85. The van der Waals surface area contributed by atoms with E-state index >= 15 is 0 Å². The lowest BCUT2D eigenvalue weighted by Crippen LogP contribution is -2.13. The van der Waals surface area contributed by atoms with Crippen molar-refractivity contribution in [3.05, 3.63) is 24.3 Å². The normalized spacial score (nSPS) is 11.3. The molecule has 2 rings (SSSR count). The second kappa shape index (κ2) is 6.20. The summed E-state index contributed by atoms with van der Waals surface area (Å²) >= 11 is 1.18. The topological polar surface area (TPSA) is 130 Å². The molecule has 9 nitrogen and oxygen atoms in total. The number of nitrogens with zero attached hydrogens (tertiary/aromatic N) is 4. The molecular formula is C10H11N5O4S2. The molecule has 112 valence electrons. The first kappa shape index (κ1) is 15.4. The van der Waals surface area contributed by atoms with Gasteiger partial charge in [0.1, 0.15) is 6.54 Å². The molecular weight excluding hydrogens is 318 g/mol. The summed E-state index contributed by atoms with van der Waals surface area (Å²) in [6.45, 7) is -0.110. The number of ether oxygens (including phenoxy) is 1. The number of esters is 1. The van der Waals surface area contributed by atoms with Crippen molar-refractivity contribution in [2.75, 3.05) is 7.11 Å². The predicted octanol–water partition coefficient (Wildman–Crippen LogP) is -0.355. The third-order valence-corrected chi connectivity index (χ3v) is 4.28. The third-order valence-electron chi connectivity index (χ3n) is 2.37. The van der Waals surface area contributed by atoms with Crippen LogP contribution < -0.4 is 5.14 Å². The molecule has 11 heteroatoms. The first-order chi connectivity index (χ1) is 9.90. The van der Waals surface area contributed by atoms with Gasteiger partial charge in [0.25, 0.3) is 0 Å². The number of benzene rings is 1. The van der Waals surface area contributed by atoms with Crippen LogP contribution in [0.15, 0.2) is 39.2 Å². The molecule has 2 aromatic rings. The average molecular weight is 329 g/mol. The fourth-order valence-corrected chi connectivity index (χ4v) is 2.64. The molecule has 1 heterocycles. The van der Waals surface area contributed by atoms with Crippen LogP contribution in [0.25, 0.3) is 0 Å². The Morgan fingerprint density at radius 2 is 2.05 bits per heavy atom. The van der Waals surface area contributed by atoms with Crippen molar-refractivity contribution < 1.29 is 17.9 Å². The maximum absolute atomic E-state index is 11.2. The van der Waals surface area contributed by atoms with Gasteiger partial charge in [0.2, 0.25) is 15.2 Å². The lowest BCUT2D eigenvalue weighted by molar-refractivity contribution is -0.141. The Bertz CT molecular complexity index is 741. The lowest BCUT2D eigenvalue weighted by Gasteiger charge is -2.03. The van der Waals surface area contributed by atoms with Crippen molar-refractivity contribution in [1.82, 2.24) is 20.2 Å². The summed E-state index contributed by atoms with van der Waals surface area (Å²) in [4.78, 5) is 11.9. The number of rotatable bonds is 5. The summed E-state index contributed by atoms with van der Waals surface area (Å²) in [5, 5.41) is 16.3. The van der Waals surface area contributed by atoms with Crippen LogP contribution in [0.3, 0.4) is 0 Å². The van der Waals surface area contributed by atoms with Gasteiger partial charge in [-0.3, -0.25) is 4.79 Å². The van der Waals surface area contributed by atoms with E-state index in [0.29, 0.717) is 10.1 Å². The van der Waals surface area contributed by atoms with Gasteiger partial charge in [-0.1, -0.05) is 0 Å². The summed E-state index contributed by atoms with van der Waals surface area (Å²) in [6.07, 6.45) is 0. The SMILES string of the molecule is COC(=O)Cn1nnnc1Sc1ccc(S(N)(=O)=O)cc1. The van der Waals surface area contributed by atoms with E-state index in [2.05, 4.69) is 20.3 Å². The van der Waals surface area contributed by atoms with E-state index in [4.69, 9.17) is 5.14 Å². The Kier molecular flexibility index (Phi) is 4.55. The Morgan fingerprint density at radius 1 is 1.38 bits per heavy atom. The van der Waals surface area contributed by atoms with E-state index in [0.717, 1.165) is 0 Å². The van der Waals surface area contributed by atoms with Crippen molar-refractivity contribution in [3.63, 3.8) is 0 Å². The van der Waals surface area contributed by atoms with E-state index in [1.54, 1.807) is 12.1 Å². The second-order valence-electron chi connectivity index (χ2n) is 3.81. The molecule has 0 unspecified atom stereocenters. The van der Waals surface area contributed by atoms with E-state index in [-0.39, 0.29) is 11.4 Å². The zero-order chi connectivity index (χ0) is 15.5. The molecule has 0 spiro atoms. The number of primary sulfonamides is 1. The fourth-order valence-electron chi connectivity index (χ4n) is 1.36. The monoisotopic (exact) mass is 329 g/mol. The summed E-state index contributed by atoms with van der Waals surface area (Å²) in [5.41, 5.74) is 0. The van der Waals surface area contributed by atoms with E-state index in [1.807, 2.05) is 0 Å². The Balaban J connectivity index is 2.16. The van der Waals surface area contributed by atoms with Crippen LogP contribution in [-0.2, 0) is 26.1 Å². The highest BCUT2D eigenvalue weighted by atomic mass is 32.2. The molecule has 0 fully saturated rings. The van der Waals surface area contributed by atoms with Crippen molar-refractivity contribution in [2.24, 2.45) is 5.14 Å². The number of sulfonamides is 1. The van der Waals surface area contributed by atoms with Gasteiger partial charge in [-0.25, -0.2) is 18.2 Å². The maximum atomic E-state index is 11.2. The first-order valence-electron chi connectivity index (χ1n) is 5.54. The Hall–Kier alpha value is -1.98. The van der Waals surface area contributed by atoms with Crippen LogP contribution >= 0.6 is 11.8 Å². The molecule has 0 aliphatic carbocycles. The number of nitrogens with two attached hydrogens (primary N) is 1. The summed E-state index contributed by atoms with van der Waals surface area (Å²) in [7, 11) is -2.46. The van der Waals surface area contributed by atoms with Gasteiger partial charge in [-0.05, 0) is 46.5 Å². The molecule has 0 radical (unpaired) electrons. The van der Waals surface area contributed by atoms with Crippen molar-refractivity contribution in [1.29, 1.82) is 0 Å². The minimum Gasteiger partial charge on any atom is -0.468 e. The molecule has 0 atom stereocenters. The number of carbonyl (C=O) groups excluding carboxylic acids is 1. The van der Waals surface area contributed by atoms with Crippen LogP contribution in [0.5, 0.6) is 0 Å². The molecule has 0 aliphatic heterocycles. The van der Waals surface area contributed by atoms with Crippen LogP contribution in [0.2, 0.25) is 0 Å². The Labute approximate surface area is 124 Å². The molecule has 21 heavy (non-hydrogen) atoms. The molecule has 0 saturated heterocycles. The number of hydrogen-bond donors (Lipinski definition) is 1. The smallest absolute Gasteiger partial charge is 0.327 e. The lowest BCUT2D eigenvalue weighted by atomic mass is 10.4. The van der Waals surface area contributed by atoms with Crippen molar-refractivity contribution >= 4 is 27.8 Å². The summed E-state index contributed by atoms with van der Waals surface area (Å²) in [5.74, 6) is -0.478. The van der Waals surface area contributed by atoms with Gasteiger partial charge in [-0.2, -0.15) is 0 Å². The van der Waals surface area contributed by atoms with Crippen molar-refractivity contribution in [3.8, 4) is 0 Å². The molecule has 2 N–H and O–H groups in total. The zero-order valence-electron chi connectivity index (χ0n) is 10.8. The number of methoxy groups -OCH3 is 1. The zero-order valence-corrected chi connectivity index (χ0v) is 12.5. The van der Waals surface area contributed by atoms with Crippen LogP contribution in [0.4, 0.5) is 0 Å². The van der Waals surface area contributed by atoms with Crippen LogP contribution in [0.1, 0.15) is 0 Å². The molecule has 0 amide bonds. The minimum atomic E-state index is -3.73. The van der Waals surface area contributed by atoms with Gasteiger partial charge >= 0.3 is 5.97 Å². The van der Waals surface area contributed by atoms with Gasteiger partial charge in [-0.15, -0.1) is 5.10 Å².